The van der Waals surface area contributed by atoms with Crippen LogP contribution >= 0.6 is 0 Å². The van der Waals surface area contributed by atoms with Crippen LogP contribution in [0.3, 0.4) is 0 Å². The normalized spacial score (nSPS) is 30.0. The van der Waals surface area contributed by atoms with Crippen LogP contribution in [0.25, 0.3) is 0 Å². The third-order valence-electron chi connectivity index (χ3n) is 2.60. The molecule has 1 saturated heterocycles. The fraction of sp³-hybridized carbons (Fsp3) is 0.700. The van der Waals surface area contributed by atoms with E-state index in [4.69, 9.17) is 0 Å². The Labute approximate surface area is 74.2 Å². The summed E-state index contributed by atoms with van der Waals surface area (Å²) >= 11 is 0. The number of carbonyl (C=O) groups excluding carboxylic acids is 1. The first-order chi connectivity index (χ1) is 5.65. The van der Waals surface area contributed by atoms with Crippen molar-refractivity contribution in [2.24, 2.45) is 5.92 Å². The van der Waals surface area contributed by atoms with Crippen molar-refractivity contribution in [1.82, 2.24) is 4.90 Å². The molecule has 1 aliphatic rings. The van der Waals surface area contributed by atoms with Gasteiger partial charge < -0.3 is 4.90 Å². The highest BCUT2D eigenvalue weighted by Gasteiger charge is 2.24. The Balaban J connectivity index is 2.55. The Morgan fingerprint density at radius 3 is 2.75 bits per heavy atom. The number of amides is 1. The van der Waals surface area contributed by atoms with Crippen LogP contribution in [-0.2, 0) is 4.79 Å². The first-order valence-corrected chi connectivity index (χ1v) is 4.58. The molecule has 1 fully saturated rings. The van der Waals surface area contributed by atoms with E-state index < -0.39 is 0 Å². The zero-order valence-corrected chi connectivity index (χ0v) is 7.92. The lowest BCUT2D eigenvalue weighted by molar-refractivity contribution is -0.129. The summed E-state index contributed by atoms with van der Waals surface area (Å²) in [5.74, 6) is 0.836. The third kappa shape index (κ3) is 1.87. The lowest BCUT2D eigenvalue weighted by atomic mass is 9.93. The average Bonchev–Trinajstić information content (AvgIpc) is 2.03. The summed E-state index contributed by atoms with van der Waals surface area (Å²) in [6.45, 7) is 8.74. The van der Waals surface area contributed by atoms with Crippen LogP contribution in [0.5, 0.6) is 0 Å². The molecule has 1 amide bonds. The molecule has 2 unspecified atom stereocenters. The Bertz CT molecular complexity index is 188. The van der Waals surface area contributed by atoms with Gasteiger partial charge >= 0.3 is 0 Å². The summed E-state index contributed by atoms with van der Waals surface area (Å²) in [6.07, 6.45) is 3.66. The summed E-state index contributed by atoms with van der Waals surface area (Å²) in [7, 11) is 0. The molecule has 0 aromatic carbocycles. The Hall–Kier alpha value is -0.790. The van der Waals surface area contributed by atoms with Crippen molar-refractivity contribution in [2.75, 3.05) is 6.54 Å². The van der Waals surface area contributed by atoms with Crippen LogP contribution < -0.4 is 0 Å². The van der Waals surface area contributed by atoms with Gasteiger partial charge in [-0.2, -0.15) is 0 Å². The molecule has 0 aliphatic carbocycles. The summed E-state index contributed by atoms with van der Waals surface area (Å²) in [5, 5.41) is 0. The summed E-state index contributed by atoms with van der Waals surface area (Å²) in [4.78, 5) is 13.2. The molecule has 1 rings (SSSR count). The van der Waals surface area contributed by atoms with Gasteiger partial charge in [-0.1, -0.05) is 13.5 Å². The van der Waals surface area contributed by atoms with Crippen molar-refractivity contribution in [1.29, 1.82) is 0 Å². The van der Waals surface area contributed by atoms with E-state index in [2.05, 4.69) is 20.4 Å². The van der Waals surface area contributed by atoms with Gasteiger partial charge in [-0.15, -0.1) is 0 Å². The molecule has 2 nitrogen and oxygen atoms in total. The second-order valence-electron chi connectivity index (χ2n) is 3.71. The van der Waals surface area contributed by atoms with Crippen LogP contribution in [0.2, 0.25) is 0 Å². The predicted molar refractivity (Wildman–Crippen MR) is 49.8 cm³/mol. The van der Waals surface area contributed by atoms with Gasteiger partial charge in [-0.3, -0.25) is 4.79 Å². The van der Waals surface area contributed by atoms with E-state index in [1.54, 1.807) is 0 Å². The van der Waals surface area contributed by atoms with Crippen LogP contribution in [0, 0.1) is 5.92 Å². The highest BCUT2D eigenvalue weighted by Crippen LogP contribution is 2.21. The van der Waals surface area contributed by atoms with Crippen molar-refractivity contribution in [3.8, 4) is 0 Å². The molecule has 68 valence electrons. The molecule has 0 aromatic heterocycles. The number of rotatable bonds is 1. The number of nitrogens with zero attached hydrogens (tertiary/aromatic N) is 1. The number of piperidine rings is 1. The molecular weight excluding hydrogens is 150 g/mol. The number of likely N-dealkylation sites (tertiary alicyclic amines) is 1. The second-order valence-corrected chi connectivity index (χ2v) is 3.71. The minimum Gasteiger partial charge on any atom is -0.336 e. The minimum absolute atomic E-state index is 0.0781. The fourth-order valence-electron chi connectivity index (χ4n) is 1.85. The van der Waals surface area contributed by atoms with Gasteiger partial charge in [0.1, 0.15) is 0 Å². The predicted octanol–water partition coefficient (Wildman–Crippen LogP) is 1.82. The monoisotopic (exact) mass is 167 g/mol. The van der Waals surface area contributed by atoms with Gasteiger partial charge in [0.25, 0.3) is 0 Å². The van der Waals surface area contributed by atoms with E-state index in [1.165, 1.54) is 6.08 Å². The SMILES string of the molecule is C=CC(=O)N1CCC(C)CC1C. The Kier molecular flexibility index (Phi) is 2.90. The lowest BCUT2D eigenvalue weighted by Gasteiger charge is -2.35. The van der Waals surface area contributed by atoms with E-state index >= 15 is 0 Å². The van der Waals surface area contributed by atoms with Crippen molar-refractivity contribution >= 4 is 5.91 Å². The molecule has 1 aliphatic heterocycles. The molecule has 2 heteroatoms. The maximum atomic E-state index is 11.3. The molecule has 2 atom stereocenters. The Morgan fingerprint density at radius 1 is 1.58 bits per heavy atom. The van der Waals surface area contributed by atoms with Crippen molar-refractivity contribution < 1.29 is 4.79 Å². The molecule has 0 N–H and O–H groups in total. The quantitative estimate of drug-likeness (QED) is 0.545. The number of hydrogen-bond donors (Lipinski definition) is 0. The second kappa shape index (κ2) is 3.74. The maximum absolute atomic E-state index is 11.3. The van der Waals surface area contributed by atoms with E-state index in [0.717, 1.165) is 25.3 Å². The van der Waals surface area contributed by atoms with E-state index in [9.17, 15) is 4.79 Å². The van der Waals surface area contributed by atoms with E-state index in [-0.39, 0.29) is 5.91 Å². The molecule has 0 bridgehead atoms. The van der Waals surface area contributed by atoms with Gasteiger partial charge in [0, 0.05) is 12.6 Å². The summed E-state index contributed by atoms with van der Waals surface area (Å²) < 4.78 is 0. The zero-order valence-electron chi connectivity index (χ0n) is 7.92. The summed E-state index contributed by atoms with van der Waals surface area (Å²) in [6, 6.07) is 0.388. The molecule has 12 heavy (non-hydrogen) atoms. The molecule has 0 aromatic rings. The van der Waals surface area contributed by atoms with Crippen LogP contribution in [-0.4, -0.2) is 23.4 Å². The fourth-order valence-corrected chi connectivity index (χ4v) is 1.85. The highest BCUT2D eigenvalue weighted by atomic mass is 16.2. The van der Waals surface area contributed by atoms with Crippen molar-refractivity contribution in [3.63, 3.8) is 0 Å². The van der Waals surface area contributed by atoms with Crippen molar-refractivity contribution in [3.05, 3.63) is 12.7 Å². The average molecular weight is 167 g/mol. The number of hydrogen-bond acceptors (Lipinski definition) is 1. The molecule has 1 heterocycles. The largest absolute Gasteiger partial charge is 0.336 e. The standard InChI is InChI=1S/C10H17NO/c1-4-10(12)11-6-5-8(2)7-9(11)3/h4,8-9H,1,5-7H2,2-3H3. The third-order valence-corrected chi connectivity index (χ3v) is 2.60. The molecular formula is C10H17NO. The summed E-state index contributed by atoms with van der Waals surface area (Å²) in [5.41, 5.74) is 0. The van der Waals surface area contributed by atoms with E-state index in [1.807, 2.05) is 4.90 Å². The lowest BCUT2D eigenvalue weighted by Crippen LogP contribution is -2.43. The van der Waals surface area contributed by atoms with Gasteiger partial charge in [0.2, 0.25) is 5.91 Å². The molecule has 0 radical (unpaired) electrons. The molecule has 0 spiro atoms. The van der Waals surface area contributed by atoms with Gasteiger partial charge in [-0.25, -0.2) is 0 Å². The van der Waals surface area contributed by atoms with E-state index in [0.29, 0.717) is 6.04 Å². The van der Waals surface area contributed by atoms with Crippen LogP contribution in [0.4, 0.5) is 0 Å². The van der Waals surface area contributed by atoms with Gasteiger partial charge in [0.15, 0.2) is 0 Å². The number of carbonyl (C=O) groups is 1. The van der Waals surface area contributed by atoms with Gasteiger partial charge in [-0.05, 0) is 31.8 Å². The van der Waals surface area contributed by atoms with Crippen LogP contribution in [0.1, 0.15) is 26.7 Å². The first kappa shape index (κ1) is 9.30. The van der Waals surface area contributed by atoms with Crippen molar-refractivity contribution in [2.45, 2.75) is 32.7 Å². The smallest absolute Gasteiger partial charge is 0.246 e. The highest BCUT2D eigenvalue weighted by molar-refractivity contribution is 5.87. The molecule has 0 saturated carbocycles. The van der Waals surface area contributed by atoms with Gasteiger partial charge in [0.05, 0.1) is 0 Å². The zero-order chi connectivity index (χ0) is 9.14. The minimum atomic E-state index is 0.0781. The topological polar surface area (TPSA) is 20.3 Å². The van der Waals surface area contributed by atoms with Crippen LogP contribution in [0.15, 0.2) is 12.7 Å². The Morgan fingerprint density at radius 2 is 2.25 bits per heavy atom. The first-order valence-electron chi connectivity index (χ1n) is 4.58. The maximum Gasteiger partial charge on any atom is 0.246 e.